The second kappa shape index (κ2) is 6.23. The number of rotatable bonds is 5. The van der Waals surface area contributed by atoms with Crippen molar-refractivity contribution in [3.8, 4) is 0 Å². The zero-order valence-corrected chi connectivity index (χ0v) is 13.2. The summed E-state index contributed by atoms with van der Waals surface area (Å²) in [5.74, 6) is -8.83. The topological polar surface area (TPSA) is 92.9 Å². The Morgan fingerprint density at radius 1 is 1.29 bits per heavy atom. The summed E-state index contributed by atoms with van der Waals surface area (Å²) in [6.07, 6.45) is -0.210. The SMILES string of the molecule is CC[C@H](C(=O)OC(C)(C)C)C(N)(O)C(F)(F)C(=O)N(C)C. The van der Waals surface area contributed by atoms with Gasteiger partial charge in [-0.2, -0.15) is 8.78 Å². The van der Waals surface area contributed by atoms with Crippen molar-refractivity contribution in [2.24, 2.45) is 11.7 Å². The molecule has 0 aromatic rings. The van der Waals surface area contributed by atoms with Gasteiger partial charge in [-0.1, -0.05) is 6.92 Å². The fraction of sp³-hybridized carbons (Fsp3) is 0.846. The molecular weight excluding hydrogens is 286 g/mol. The van der Waals surface area contributed by atoms with Gasteiger partial charge >= 0.3 is 11.9 Å². The van der Waals surface area contributed by atoms with E-state index in [0.717, 1.165) is 14.1 Å². The molecule has 2 atom stereocenters. The van der Waals surface area contributed by atoms with Crippen LogP contribution in [0.25, 0.3) is 0 Å². The zero-order valence-electron chi connectivity index (χ0n) is 13.2. The Hall–Kier alpha value is -1.28. The number of nitrogens with two attached hydrogens (primary N) is 1. The number of nitrogens with zero attached hydrogens (tertiary/aromatic N) is 1. The van der Waals surface area contributed by atoms with Crippen LogP contribution < -0.4 is 5.73 Å². The maximum atomic E-state index is 14.1. The summed E-state index contributed by atoms with van der Waals surface area (Å²) in [5.41, 5.74) is 0.994. The first-order valence-electron chi connectivity index (χ1n) is 6.52. The first-order chi connectivity index (χ1) is 9.18. The van der Waals surface area contributed by atoms with Gasteiger partial charge in [0.25, 0.3) is 5.91 Å². The minimum absolute atomic E-state index is 0.210. The molecule has 0 aromatic carbocycles. The van der Waals surface area contributed by atoms with E-state index in [4.69, 9.17) is 10.5 Å². The molecule has 21 heavy (non-hydrogen) atoms. The highest BCUT2D eigenvalue weighted by Crippen LogP contribution is 2.35. The smallest absolute Gasteiger partial charge is 0.366 e. The van der Waals surface area contributed by atoms with Crippen LogP contribution in [-0.2, 0) is 14.3 Å². The summed E-state index contributed by atoms with van der Waals surface area (Å²) in [6.45, 7) is 6.05. The zero-order chi connectivity index (χ0) is 17.2. The van der Waals surface area contributed by atoms with E-state index in [1.54, 1.807) is 20.8 Å². The molecule has 6 nitrogen and oxygen atoms in total. The number of aliphatic hydroxyl groups is 1. The summed E-state index contributed by atoms with van der Waals surface area (Å²) in [4.78, 5) is 24.1. The molecule has 0 aliphatic carbocycles. The molecule has 3 N–H and O–H groups in total. The Labute approximate surface area is 123 Å². The minimum atomic E-state index is -4.33. The Morgan fingerprint density at radius 2 is 1.71 bits per heavy atom. The van der Waals surface area contributed by atoms with E-state index in [1.165, 1.54) is 6.92 Å². The lowest BCUT2D eigenvalue weighted by molar-refractivity contribution is -0.222. The number of alkyl halides is 2. The Balaban J connectivity index is 5.52. The van der Waals surface area contributed by atoms with Gasteiger partial charge in [0, 0.05) is 14.1 Å². The van der Waals surface area contributed by atoms with Gasteiger partial charge in [-0.05, 0) is 27.2 Å². The summed E-state index contributed by atoms with van der Waals surface area (Å²) in [6, 6.07) is 0. The number of carbonyl (C=O) groups is 2. The number of carbonyl (C=O) groups excluding carboxylic acids is 2. The van der Waals surface area contributed by atoms with Crippen LogP contribution in [0.15, 0.2) is 0 Å². The van der Waals surface area contributed by atoms with Crippen LogP contribution in [0.1, 0.15) is 34.1 Å². The molecule has 0 aliphatic heterocycles. The molecule has 1 unspecified atom stereocenters. The van der Waals surface area contributed by atoms with Crippen molar-refractivity contribution < 1.29 is 28.2 Å². The fourth-order valence-corrected chi connectivity index (χ4v) is 1.70. The third-order valence-corrected chi connectivity index (χ3v) is 2.81. The number of amides is 1. The molecule has 0 radical (unpaired) electrons. The van der Waals surface area contributed by atoms with Gasteiger partial charge in [0.1, 0.15) is 11.5 Å². The Morgan fingerprint density at radius 3 is 2.00 bits per heavy atom. The van der Waals surface area contributed by atoms with Gasteiger partial charge in [0.2, 0.25) is 5.72 Å². The minimum Gasteiger partial charge on any atom is -0.460 e. The molecule has 0 aromatic heterocycles. The number of halogens is 2. The highest BCUT2D eigenvalue weighted by Gasteiger charge is 2.62. The molecule has 0 spiro atoms. The third-order valence-electron chi connectivity index (χ3n) is 2.81. The maximum Gasteiger partial charge on any atom is 0.366 e. The van der Waals surface area contributed by atoms with Crippen LogP contribution in [0.3, 0.4) is 0 Å². The fourth-order valence-electron chi connectivity index (χ4n) is 1.70. The molecule has 0 aliphatic rings. The van der Waals surface area contributed by atoms with Gasteiger partial charge in [-0.3, -0.25) is 15.3 Å². The number of hydrogen-bond donors (Lipinski definition) is 2. The molecular formula is C13H24F2N2O4. The van der Waals surface area contributed by atoms with Gasteiger partial charge in [0.15, 0.2) is 0 Å². The van der Waals surface area contributed by atoms with Gasteiger partial charge in [-0.15, -0.1) is 0 Å². The number of esters is 1. The predicted molar refractivity (Wildman–Crippen MR) is 72.4 cm³/mol. The van der Waals surface area contributed by atoms with Crippen molar-refractivity contribution in [1.82, 2.24) is 4.90 Å². The van der Waals surface area contributed by atoms with Crippen LogP contribution in [0.5, 0.6) is 0 Å². The number of ether oxygens (including phenoxy) is 1. The van der Waals surface area contributed by atoms with Crippen molar-refractivity contribution in [2.75, 3.05) is 14.1 Å². The molecule has 1 amide bonds. The molecule has 0 heterocycles. The van der Waals surface area contributed by atoms with Crippen molar-refractivity contribution in [3.05, 3.63) is 0 Å². The van der Waals surface area contributed by atoms with Crippen molar-refractivity contribution in [1.29, 1.82) is 0 Å². The van der Waals surface area contributed by atoms with Gasteiger partial charge < -0.3 is 14.7 Å². The molecule has 0 rings (SSSR count). The average molecular weight is 310 g/mol. The average Bonchev–Trinajstić information content (AvgIpc) is 2.25. The van der Waals surface area contributed by atoms with E-state index in [2.05, 4.69) is 0 Å². The normalized spacial score (nSPS) is 16.9. The predicted octanol–water partition coefficient (Wildman–Crippen LogP) is 0.725. The molecule has 0 bridgehead atoms. The first-order valence-corrected chi connectivity index (χ1v) is 6.52. The van der Waals surface area contributed by atoms with E-state index in [1.807, 2.05) is 0 Å². The standard InChI is InChI=1S/C13H24F2N2O4/c1-7-8(9(18)21-11(2,3)4)13(16,20)12(14,15)10(19)17(5)6/h8,20H,7,16H2,1-6H3/t8-,13?/m1/s1. The van der Waals surface area contributed by atoms with Crippen LogP contribution in [-0.4, -0.2) is 53.2 Å². The molecule has 0 fully saturated rings. The Kier molecular flexibility index (Phi) is 5.85. The lowest BCUT2D eigenvalue weighted by Crippen LogP contribution is -2.67. The summed E-state index contributed by atoms with van der Waals surface area (Å²) < 4.78 is 33.2. The first kappa shape index (κ1) is 19.7. The summed E-state index contributed by atoms with van der Waals surface area (Å²) in [7, 11) is 2.20. The van der Waals surface area contributed by atoms with Crippen molar-refractivity contribution in [2.45, 2.75) is 51.4 Å². The maximum absolute atomic E-state index is 14.1. The summed E-state index contributed by atoms with van der Waals surface area (Å²) in [5, 5.41) is 9.97. The second-order valence-corrected chi connectivity index (χ2v) is 6.09. The summed E-state index contributed by atoms with van der Waals surface area (Å²) >= 11 is 0. The third kappa shape index (κ3) is 4.34. The highest BCUT2D eigenvalue weighted by molar-refractivity contribution is 5.86. The van der Waals surface area contributed by atoms with E-state index in [0.29, 0.717) is 4.90 Å². The van der Waals surface area contributed by atoms with Crippen LogP contribution in [0.2, 0.25) is 0 Å². The van der Waals surface area contributed by atoms with E-state index >= 15 is 0 Å². The largest absolute Gasteiger partial charge is 0.460 e. The second-order valence-electron chi connectivity index (χ2n) is 6.09. The highest BCUT2D eigenvalue weighted by atomic mass is 19.3. The van der Waals surface area contributed by atoms with Gasteiger partial charge in [-0.25, -0.2) is 0 Å². The van der Waals surface area contributed by atoms with E-state index < -0.39 is 35.0 Å². The van der Waals surface area contributed by atoms with Crippen molar-refractivity contribution >= 4 is 11.9 Å². The van der Waals surface area contributed by atoms with Crippen LogP contribution in [0.4, 0.5) is 8.78 Å². The van der Waals surface area contributed by atoms with E-state index in [9.17, 15) is 23.5 Å². The molecule has 0 saturated heterocycles. The monoisotopic (exact) mass is 310 g/mol. The molecule has 124 valence electrons. The molecule has 8 heteroatoms. The van der Waals surface area contributed by atoms with Crippen LogP contribution >= 0.6 is 0 Å². The number of hydrogen-bond acceptors (Lipinski definition) is 5. The lowest BCUT2D eigenvalue weighted by Gasteiger charge is -2.37. The van der Waals surface area contributed by atoms with E-state index in [-0.39, 0.29) is 6.42 Å². The van der Waals surface area contributed by atoms with Crippen molar-refractivity contribution in [3.63, 3.8) is 0 Å². The van der Waals surface area contributed by atoms with Gasteiger partial charge in [0.05, 0.1) is 0 Å². The lowest BCUT2D eigenvalue weighted by atomic mass is 9.87. The molecule has 0 saturated carbocycles. The Bertz CT molecular complexity index is 403. The van der Waals surface area contributed by atoms with Crippen LogP contribution in [0, 0.1) is 5.92 Å². The quantitative estimate of drug-likeness (QED) is 0.577.